The molecule has 0 aromatic heterocycles. The lowest BCUT2D eigenvalue weighted by Gasteiger charge is -2.23. The summed E-state index contributed by atoms with van der Waals surface area (Å²) in [6.07, 6.45) is 7.25. The summed E-state index contributed by atoms with van der Waals surface area (Å²) in [7, 11) is -2.78. The van der Waals surface area contributed by atoms with Crippen molar-refractivity contribution in [2.24, 2.45) is 0 Å². The molecule has 1 heterocycles. The van der Waals surface area contributed by atoms with Crippen LogP contribution in [0.2, 0.25) is 0 Å². The van der Waals surface area contributed by atoms with Gasteiger partial charge in [0.25, 0.3) is 0 Å². The quantitative estimate of drug-likeness (QED) is 0.550. The fourth-order valence-corrected chi connectivity index (χ4v) is 4.25. The predicted octanol–water partition coefficient (Wildman–Crippen LogP) is 1.90. The Morgan fingerprint density at radius 2 is 2.12 bits per heavy atom. The summed E-state index contributed by atoms with van der Waals surface area (Å²) in [6, 6.07) is 0. The van der Waals surface area contributed by atoms with E-state index in [1.807, 2.05) is 13.0 Å². The van der Waals surface area contributed by atoms with Crippen molar-refractivity contribution in [1.82, 2.24) is 5.32 Å². The minimum absolute atomic E-state index is 0.183. The Morgan fingerprint density at radius 3 is 2.69 bits per heavy atom. The fraction of sp³-hybridized carbons (Fsp3) is 0.833. The molecular weight excluding hydrogens is 222 g/mol. The van der Waals surface area contributed by atoms with Crippen LogP contribution in [0.5, 0.6) is 0 Å². The lowest BCUT2D eigenvalue weighted by molar-refractivity contribution is 0.391. The van der Waals surface area contributed by atoms with Crippen LogP contribution in [0.1, 0.15) is 39.0 Å². The van der Waals surface area contributed by atoms with Crippen molar-refractivity contribution in [1.29, 1.82) is 0 Å². The van der Waals surface area contributed by atoms with Crippen molar-refractivity contribution in [2.75, 3.05) is 18.1 Å². The highest BCUT2D eigenvalue weighted by atomic mass is 32.2. The van der Waals surface area contributed by atoms with E-state index >= 15 is 0 Å². The highest BCUT2D eigenvalue weighted by Crippen LogP contribution is 2.22. The Morgan fingerprint density at radius 1 is 1.38 bits per heavy atom. The highest BCUT2D eigenvalue weighted by molar-refractivity contribution is 7.91. The van der Waals surface area contributed by atoms with Gasteiger partial charge in [-0.15, -0.1) is 6.58 Å². The second-order valence-corrected chi connectivity index (χ2v) is 7.15. The highest BCUT2D eigenvalue weighted by Gasteiger charge is 2.37. The Balaban J connectivity index is 2.16. The molecule has 1 unspecified atom stereocenters. The van der Waals surface area contributed by atoms with E-state index in [9.17, 15) is 8.42 Å². The van der Waals surface area contributed by atoms with Crippen LogP contribution < -0.4 is 5.32 Å². The van der Waals surface area contributed by atoms with Crippen LogP contribution >= 0.6 is 0 Å². The largest absolute Gasteiger partial charge is 0.310 e. The first kappa shape index (κ1) is 13.7. The Bertz CT molecular complexity index is 324. The zero-order valence-electron chi connectivity index (χ0n) is 10.2. The van der Waals surface area contributed by atoms with Crippen LogP contribution in [0.3, 0.4) is 0 Å². The molecule has 1 aliphatic rings. The van der Waals surface area contributed by atoms with Crippen LogP contribution in [0.15, 0.2) is 12.7 Å². The number of rotatable bonds is 7. The predicted molar refractivity (Wildman–Crippen MR) is 68.3 cm³/mol. The third-order valence-electron chi connectivity index (χ3n) is 3.14. The molecule has 1 atom stereocenters. The minimum atomic E-state index is -2.78. The molecule has 0 aliphatic carbocycles. The summed E-state index contributed by atoms with van der Waals surface area (Å²) < 4.78 is 22.7. The molecule has 3 nitrogen and oxygen atoms in total. The van der Waals surface area contributed by atoms with Crippen molar-refractivity contribution >= 4 is 9.84 Å². The monoisotopic (exact) mass is 245 g/mol. The minimum Gasteiger partial charge on any atom is -0.310 e. The SMILES string of the molecule is C=CCCCCCNC1(C)CCS(=O)(=O)C1. The molecule has 0 spiro atoms. The number of nitrogens with one attached hydrogen (secondary N) is 1. The van der Waals surface area contributed by atoms with Gasteiger partial charge in [-0.25, -0.2) is 8.42 Å². The summed E-state index contributed by atoms with van der Waals surface area (Å²) in [5.74, 6) is 0.639. The molecule has 0 aromatic rings. The molecule has 0 radical (unpaired) electrons. The van der Waals surface area contributed by atoms with E-state index in [2.05, 4.69) is 11.9 Å². The summed E-state index contributed by atoms with van der Waals surface area (Å²) in [5.41, 5.74) is -0.183. The number of hydrogen-bond acceptors (Lipinski definition) is 3. The number of hydrogen-bond donors (Lipinski definition) is 1. The molecule has 1 N–H and O–H groups in total. The molecular formula is C12H23NO2S. The fourth-order valence-electron chi connectivity index (χ4n) is 2.13. The van der Waals surface area contributed by atoms with Gasteiger partial charge < -0.3 is 5.32 Å². The van der Waals surface area contributed by atoms with E-state index in [0.717, 1.165) is 25.8 Å². The van der Waals surface area contributed by atoms with E-state index in [1.165, 1.54) is 12.8 Å². The standard InChI is InChI=1S/C12H23NO2S/c1-3-4-5-6-7-9-13-12(2)8-10-16(14,15)11-12/h3,13H,1,4-11H2,2H3. The van der Waals surface area contributed by atoms with Gasteiger partial charge in [-0.3, -0.25) is 0 Å². The Hall–Kier alpha value is -0.350. The number of sulfone groups is 1. The second-order valence-electron chi connectivity index (χ2n) is 4.97. The van der Waals surface area contributed by atoms with Gasteiger partial charge in [0.2, 0.25) is 0 Å². The molecule has 1 fully saturated rings. The van der Waals surface area contributed by atoms with Gasteiger partial charge in [-0.1, -0.05) is 12.5 Å². The molecule has 0 saturated carbocycles. The van der Waals surface area contributed by atoms with Crippen LogP contribution in [-0.4, -0.2) is 32.0 Å². The maximum absolute atomic E-state index is 11.4. The number of allylic oxidation sites excluding steroid dienone is 1. The van der Waals surface area contributed by atoms with Gasteiger partial charge in [0, 0.05) is 5.54 Å². The molecule has 0 amide bonds. The summed E-state index contributed by atoms with van der Waals surface area (Å²) >= 11 is 0. The molecule has 1 saturated heterocycles. The van der Waals surface area contributed by atoms with Crippen LogP contribution in [-0.2, 0) is 9.84 Å². The van der Waals surface area contributed by atoms with E-state index in [-0.39, 0.29) is 5.54 Å². The average molecular weight is 245 g/mol. The zero-order chi connectivity index (χ0) is 12.1. The summed E-state index contributed by atoms with van der Waals surface area (Å²) in [4.78, 5) is 0. The maximum atomic E-state index is 11.4. The topological polar surface area (TPSA) is 46.2 Å². The van der Waals surface area contributed by atoms with E-state index in [0.29, 0.717) is 11.5 Å². The van der Waals surface area contributed by atoms with Crippen molar-refractivity contribution < 1.29 is 8.42 Å². The third-order valence-corrected chi connectivity index (χ3v) is 5.04. The lowest BCUT2D eigenvalue weighted by atomic mass is 10.0. The van der Waals surface area contributed by atoms with Crippen LogP contribution in [0, 0.1) is 0 Å². The Labute approximate surface area is 99.2 Å². The maximum Gasteiger partial charge on any atom is 0.152 e. The smallest absolute Gasteiger partial charge is 0.152 e. The van der Waals surface area contributed by atoms with Crippen molar-refractivity contribution in [2.45, 2.75) is 44.6 Å². The molecule has 1 aliphatic heterocycles. The van der Waals surface area contributed by atoms with Crippen molar-refractivity contribution in [3.8, 4) is 0 Å². The molecule has 4 heteroatoms. The van der Waals surface area contributed by atoms with Gasteiger partial charge in [-0.2, -0.15) is 0 Å². The third kappa shape index (κ3) is 4.66. The van der Waals surface area contributed by atoms with Crippen LogP contribution in [0.4, 0.5) is 0 Å². The van der Waals surface area contributed by atoms with Gasteiger partial charge in [0.1, 0.15) is 0 Å². The Kier molecular flexibility index (Phi) is 4.99. The first-order chi connectivity index (χ1) is 7.47. The van der Waals surface area contributed by atoms with Gasteiger partial charge in [0.05, 0.1) is 11.5 Å². The van der Waals surface area contributed by atoms with Crippen LogP contribution in [0.25, 0.3) is 0 Å². The molecule has 0 aromatic carbocycles. The first-order valence-corrected chi connectivity index (χ1v) is 7.86. The van der Waals surface area contributed by atoms with Crippen molar-refractivity contribution in [3.05, 3.63) is 12.7 Å². The van der Waals surface area contributed by atoms with E-state index in [4.69, 9.17) is 0 Å². The lowest BCUT2D eigenvalue weighted by Crippen LogP contribution is -2.43. The van der Waals surface area contributed by atoms with Gasteiger partial charge >= 0.3 is 0 Å². The summed E-state index contributed by atoms with van der Waals surface area (Å²) in [5, 5.41) is 3.39. The van der Waals surface area contributed by atoms with Crippen molar-refractivity contribution in [3.63, 3.8) is 0 Å². The zero-order valence-corrected chi connectivity index (χ0v) is 11.0. The van der Waals surface area contributed by atoms with Gasteiger partial charge in [0.15, 0.2) is 9.84 Å². The first-order valence-electron chi connectivity index (χ1n) is 6.04. The second kappa shape index (κ2) is 5.82. The molecule has 1 rings (SSSR count). The summed E-state index contributed by atoms with van der Waals surface area (Å²) in [6.45, 7) is 6.62. The molecule has 94 valence electrons. The number of unbranched alkanes of at least 4 members (excludes halogenated alkanes) is 3. The molecule has 0 bridgehead atoms. The van der Waals surface area contributed by atoms with E-state index < -0.39 is 9.84 Å². The molecule has 16 heavy (non-hydrogen) atoms. The normalized spacial score (nSPS) is 28.1. The van der Waals surface area contributed by atoms with E-state index in [1.54, 1.807) is 0 Å². The van der Waals surface area contributed by atoms with Gasteiger partial charge in [-0.05, 0) is 39.2 Å². The average Bonchev–Trinajstić information content (AvgIpc) is 2.47.